The lowest BCUT2D eigenvalue weighted by Gasteiger charge is -2.41. The lowest BCUT2D eigenvalue weighted by molar-refractivity contribution is -0.149. The maximum Gasteiger partial charge on any atom is 0.237 e. The van der Waals surface area contributed by atoms with Crippen molar-refractivity contribution in [2.75, 3.05) is 41.9 Å². The second-order valence-corrected chi connectivity index (χ2v) is 20.2. The van der Waals surface area contributed by atoms with Crippen molar-refractivity contribution in [1.82, 2.24) is 19.4 Å². The lowest BCUT2D eigenvalue weighted by Crippen LogP contribution is -2.54. The molecule has 2 fully saturated rings. The Bertz CT molecular complexity index is 1710. The van der Waals surface area contributed by atoms with Crippen LogP contribution in [0.15, 0.2) is 24.3 Å². The first-order valence-corrected chi connectivity index (χ1v) is 23.3. The van der Waals surface area contributed by atoms with Crippen LogP contribution in [0.1, 0.15) is 105 Å². The third-order valence-electron chi connectivity index (χ3n) is 12.9. The highest BCUT2D eigenvalue weighted by Crippen LogP contribution is 2.33. The van der Waals surface area contributed by atoms with Crippen molar-refractivity contribution < 1.29 is 47.0 Å². The van der Waals surface area contributed by atoms with Gasteiger partial charge >= 0.3 is 0 Å². The number of nitrogens with zero attached hydrogens (tertiary/aromatic N) is 3. The summed E-state index contributed by atoms with van der Waals surface area (Å²) in [7, 11) is 4.67. The number of benzene rings is 1. The minimum atomic E-state index is -3.86. The normalized spacial score (nSPS) is 20.0. The van der Waals surface area contributed by atoms with Gasteiger partial charge in [0.15, 0.2) is 5.78 Å². The number of Topliss-reactive ketones (excluding diaryl/α,β-unsaturated/α-hetero) is 2. The number of nitrogens with one attached hydrogen (secondary N) is 1. The standard InChI is InChI=1S/C45H74N4O10S/c1-13-29(6)42(48(10)45(55)35(27(2)3)25-38(52)41(28(4)5)47(8)9)39(58-11)26-40(53)49-22-14-15-36(49)43(59-12)30(7)37(51)24-32(23-31-16-18-33(50)19-17-31)44(54)46-60(56,57)34-20-21-34/h16-19,27-30,32,34-36,39,41-43,50H,13-15,20-26H2,1-12H3,(H,46,54)/t29-,30-,32+,35-,36-,39+,41-,42-,43+/m0/s1. The van der Waals surface area contributed by atoms with Gasteiger partial charge in [-0.15, -0.1) is 0 Å². The van der Waals surface area contributed by atoms with E-state index in [0.29, 0.717) is 44.2 Å². The molecule has 0 spiro atoms. The van der Waals surface area contributed by atoms with E-state index in [4.69, 9.17) is 9.47 Å². The molecule has 1 aliphatic heterocycles. The van der Waals surface area contributed by atoms with Gasteiger partial charge in [-0.1, -0.05) is 67.0 Å². The van der Waals surface area contributed by atoms with E-state index in [2.05, 4.69) is 4.72 Å². The van der Waals surface area contributed by atoms with Crippen LogP contribution >= 0.6 is 0 Å². The molecule has 2 N–H and O–H groups in total. The topological polar surface area (TPSA) is 180 Å². The van der Waals surface area contributed by atoms with E-state index in [1.807, 2.05) is 60.5 Å². The Morgan fingerprint density at radius 1 is 0.867 bits per heavy atom. The van der Waals surface area contributed by atoms with Gasteiger partial charge in [-0.3, -0.25) is 33.6 Å². The molecule has 0 bridgehead atoms. The molecule has 60 heavy (non-hydrogen) atoms. The molecule has 0 unspecified atom stereocenters. The van der Waals surface area contributed by atoms with Crippen molar-refractivity contribution in [3.05, 3.63) is 29.8 Å². The van der Waals surface area contributed by atoms with Gasteiger partial charge in [0.25, 0.3) is 0 Å². The van der Waals surface area contributed by atoms with Gasteiger partial charge in [-0.05, 0) is 81.6 Å². The SMILES string of the molecule is CC[C@H](C)[C@@H]([C@@H](CC(=O)N1CCC[C@H]1[C@H](OC)[C@@H](C)C(=O)C[C@@H](Cc1ccc(O)cc1)C(=O)NS(=O)(=O)C1CC1)OC)N(C)C(=O)[C@@H](CC(=O)[C@H](C(C)C)N(C)C)C(C)C. The maximum absolute atomic E-state index is 14.4. The first-order valence-electron chi connectivity index (χ1n) is 21.8. The largest absolute Gasteiger partial charge is 0.508 e. The molecule has 9 atom stereocenters. The number of carbonyl (C=O) groups is 5. The molecular weight excluding hydrogens is 789 g/mol. The Kier molecular flexibility index (Phi) is 19.2. The van der Waals surface area contributed by atoms with Crippen LogP contribution in [0.3, 0.4) is 0 Å². The molecule has 0 radical (unpaired) electrons. The summed E-state index contributed by atoms with van der Waals surface area (Å²) in [5.74, 6) is -3.74. The number of likely N-dealkylation sites (tertiary alicyclic amines) is 1. The third kappa shape index (κ3) is 13.3. The molecule has 340 valence electrons. The number of rotatable bonds is 25. The number of methoxy groups -OCH3 is 2. The molecule has 3 amide bonds. The summed E-state index contributed by atoms with van der Waals surface area (Å²) in [6.07, 6.45) is 1.45. The maximum atomic E-state index is 14.4. The quantitative estimate of drug-likeness (QED) is 0.137. The predicted molar refractivity (Wildman–Crippen MR) is 231 cm³/mol. The van der Waals surface area contributed by atoms with Crippen LogP contribution in [-0.2, 0) is 49.9 Å². The molecule has 1 saturated heterocycles. The van der Waals surface area contributed by atoms with E-state index >= 15 is 0 Å². The zero-order valence-electron chi connectivity index (χ0n) is 38.2. The zero-order chi connectivity index (χ0) is 45.2. The Morgan fingerprint density at radius 3 is 1.98 bits per heavy atom. The number of ketones is 2. The van der Waals surface area contributed by atoms with E-state index in [9.17, 15) is 37.5 Å². The molecule has 1 aromatic rings. The van der Waals surface area contributed by atoms with Crippen LogP contribution in [0.2, 0.25) is 0 Å². The summed E-state index contributed by atoms with van der Waals surface area (Å²) in [5, 5.41) is 9.16. The molecule has 1 saturated carbocycles. The smallest absolute Gasteiger partial charge is 0.237 e. The molecule has 2 aliphatic rings. The van der Waals surface area contributed by atoms with Gasteiger partial charge in [0, 0.05) is 58.4 Å². The van der Waals surface area contributed by atoms with Crippen molar-refractivity contribution in [1.29, 1.82) is 0 Å². The van der Waals surface area contributed by atoms with Crippen molar-refractivity contribution >= 4 is 39.3 Å². The van der Waals surface area contributed by atoms with Crippen LogP contribution in [0.4, 0.5) is 0 Å². The Morgan fingerprint density at radius 2 is 1.48 bits per heavy atom. The molecule has 1 aromatic carbocycles. The third-order valence-corrected chi connectivity index (χ3v) is 14.7. The zero-order valence-corrected chi connectivity index (χ0v) is 39.0. The van der Waals surface area contributed by atoms with Crippen molar-refractivity contribution in [2.45, 2.75) is 142 Å². The van der Waals surface area contributed by atoms with Crippen molar-refractivity contribution in [2.24, 2.45) is 35.5 Å². The molecule has 3 rings (SSSR count). The monoisotopic (exact) mass is 863 g/mol. The highest BCUT2D eigenvalue weighted by Gasteiger charge is 2.44. The lowest BCUT2D eigenvalue weighted by atomic mass is 9.83. The summed E-state index contributed by atoms with van der Waals surface area (Å²) in [4.78, 5) is 75.1. The van der Waals surface area contributed by atoms with Gasteiger partial charge in [0.1, 0.15) is 11.5 Å². The molecule has 0 aromatic heterocycles. The van der Waals surface area contributed by atoms with E-state index in [1.54, 1.807) is 43.0 Å². The van der Waals surface area contributed by atoms with Crippen LogP contribution in [-0.4, -0.2) is 135 Å². The minimum absolute atomic E-state index is 0.0205. The summed E-state index contributed by atoms with van der Waals surface area (Å²) < 4.78 is 39.7. The van der Waals surface area contributed by atoms with Gasteiger partial charge in [-0.2, -0.15) is 0 Å². The fourth-order valence-electron chi connectivity index (χ4n) is 9.09. The van der Waals surface area contributed by atoms with Crippen molar-refractivity contribution in [3.63, 3.8) is 0 Å². The summed E-state index contributed by atoms with van der Waals surface area (Å²) in [6.45, 7) is 14.1. The highest BCUT2D eigenvalue weighted by atomic mass is 32.2. The molecule has 1 aliphatic carbocycles. The second-order valence-electron chi connectivity index (χ2n) is 18.2. The number of aromatic hydroxyl groups is 1. The molecular formula is C45H74N4O10S. The second kappa shape index (κ2) is 22.6. The number of sulfonamides is 1. The van der Waals surface area contributed by atoms with Gasteiger partial charge in [0.05, 0.1) is 42.0 Å². The Labute approximate surface area is 359 Å². The first kappa shape index (κ1) is 51.0. The van der Waals surface area contributed by atoms with Crippen LogP contribution in [0.25, 0.3) is 0 Å². The summed E-state index contributed by atoms with van der Waals surface area (Å²) in [6, 6.07) is 4.95. The van der Waals surface area contributed by atoms with Gasteiger partial charge < -0.3 is 24.4 Å². The average molecular weight is 863 g/mol. The average Bonchev–Trinajstić information content (AvgIpc) is 3.95. The van der Waals surface area contributed by atoms with E-state index in [1.165, 1.54) is 19.2 Å². The Hall–Kier alpha value is -3.40. The molecule has 14 nitrogen and oxygen atoms in total. The number of ether oxygens (including phenoxy) is 2. The molecule has 1 heterocycles. The van der Waals surface area contributed by atoms with Gasteiger partial charge in [-0.25, -0.2) is 8.42 Å². The number of phenolic OH excluding ortho intramolecular Hbond substituents is 1. The predicted octanol–water partition coefficient (Wildman–Crippen LogP) is 4.86. The number of hydrogen-bond acceptors (Lipinski definition) is 11. The van der Waals surface area contributed by atoms with E-state index in [0.717, 1.165) is 0 Å². The van der Waals surface area contributed by atoms with Crippen molar-refractivity contribution in [3.8, 4) is 5.75 Å². The Balaban J connectivity index is 1.81. The first-order chi connectivity index (χ1) is 28.1. The summed E-state index contributed by atoms with van der Waals surface area (Å²) in [5.41, 5.74) is 0.654. The van der Waals surface area contributed by atoms with E-state index < -0.39 is 63.2 Å². The highest BCUT2D eigenvalue weighted by molar-refractivity contribution is 7.90. The number of likely N-dealkylation sites (N-methyl/N-ethyl adjacent to an activating group) is 2. The van der Waals surface area contributed by atoms with E-state index in [-0.39, 0.29) is 78.6 Å². The molecule has 15 heteroatoms. The number of carbonyl (C=O) groups excluding carboxylic acids is 5. The van der Waals surface area contributed by atoms with Crippen LogP contribution in [0.5, 0.6) is 5.75 Å². The number of hydrogen-bond donors (Lipinski definition) is 2. The number of amides is 3. The summed E-state index contributed by atoms with van der Waals surface area (Å²) >= 11 is 0. The minimum Gasteiger partial charge on any atom is -0.508 e. The van der Waals surface area contributed by atoms with Crippen LogP contribution < -0.4 is 4.72 Å². The fraction of sp³-hybridized carbons (Fsp3) is 0.756. The van der Waals surface area contributed by atoms with Crippen LogP contribution in [0, 0.1) is 35.5 Å². The fourth-order valence-corrected chi connectivity index (χ4v) is 10.5. The number of phenols is 1. The van der Waals surface area contributed by atoms with Gasteiger partial charge in [0.2, 0.25) is 27.7 Å².